The van der Waals surface area contributed by atoms with E-state index in [0.29, 0.717) is 35.6 Å². The average molecular weight is 385 g/mol. The minimum absolute atomic E-state index is 0.137. The summed E-state index contributed by atoms with van der Waals surface area (Å²) in [5.74, 6) is 1.13. The Morgan fingerprint density at radius 3 is 2.79 bits per heavy atom. The summed E-state index contributed by atoms with van der Waals surface area (Å²) in [6.07, 6.45) is 3.15. The Bertz CT molecular complexity index is 1050. The Hall–Kier alpha value is -3.00. The van der Waals surface area contributed by atoms with E-state index in [1.165, 1.54) is 0 Å². The summed E-state index contributed by atoms with van der Waals surface area (Å²) in [6, 6.07) is 6.81. The molecule has 148 valence electrons. The number of H-pyrrole nitrogens is 1. The van der Waals surface area contributed by atoms with Crippen molar-refractivity contribution in [3.63, 3.8) is 0 Å². The Kier molecular flexibility index (Phi) is 4.95. The largest absolute Gasteiger partial charge is 0.505 e. The number of aromatic amines is 1. The fraction of sp³-hybridized carbons (Fsp3) is 0.400. The molecule has 1 aromatic carbocycles. The molecule has 4 rings (SSSR count). The van der Waals surface area contributed by atoms with Gasteiger partial charge in [-0.25, -0.2) is 4.68 Å². The third-order valence-corrected chi connectivity index (χ3v) is 5.02. The highest BCUT2D eigenvalue weighted by atomic mass is 16.5. The van der Waals surface area contributed by atoms with Crippen LogP contribution in [-0.2, 0) is 11.2 Å². The van der Waals surface area contributed by atoms with Crippen LogP contribution in [0.4, 0.5) is 0 Å². The molecule has 2 N–H and O–H groups in total. The van der Waals surface area contributed by atoms with Crippen LogP contribution in [0, 0.1) is 0 Å². The van der Waals surface area contributed by atoms with E-state index in [9.17, 15) is 9.90 Å². The van der Waals surface area contributed by atoms with Gasteiger partial charge in [0, 0.05) is 19.1 Å². The maximum absolute atomic E-state index is 12.0. The number of rotatable bonds is 5. The van der Waals surface area contributed by atoms with Crippen LogP contribution in [0.2, 0.25) is 0 Å². The molecule has 3 aromatic rings. The molecule has 1 aliphatic heterocycles. The Balaban J connectivity index is 1.83. The maximum Gasteiger partial charge on any atom is 0.252 e. The number of hydrogen-bond donors (Lipinski definition) is 2. The minimum atomic E-state index is -0.373. The molecule has 28 heavy (non-hydrogen) atoms. The number of methoxy groups -OCH3 is 2. The summed E-state index contributed by atoms with van der Waals surface area (Å²) in [6.45, 7) is 0.666. The number of fused-ring (bicyclic) bond motifs is 1. The van der Waals surface area contributed by atoms with Crippen LogP contribution in [0.15, 0.2) is 29.1 Å². The molecule has 0 saturated carbocycles. The smallest absolute Gasteiger partial charge is 0.252 e. The molecule has 1 atom stereocenters. The SMILES string of the molecule is COc1ccc(Cc2c3[nH]c(=O)cc(O)c3nn2C2CCCCO2)cc1OC. The van der Waals surface area contributed by atoms with Gasteiger partial charge in [0.15, 0.2) is 29.0 Å². The first-order valence-electron chi connectivity index (χ1n) is 9.26. The van der Waals surface area contributed by atoms with Crippen molar-refractivity contribution >= 4 is 11.0 Å². The summed E-state index contributed by atoms with van der Waals surface area (Å²) >= 11 is 0. The van der Waals surface area contributed by atoms with Gasteiger partial charge >= 0.3 is 0 Å². The molecule has 1 saturated heterocycles. The van der Waals surface area contributed by atoms with E-state index >= 15 is 0 Å². The molecule has 2 aromatic heterocycles. The summed E-state index contributed by atoms with van der Waals surface area (Å²) in [4.78, 5) is 14.8. The van der Waals surface area contributed by atoms with E-state index in [2.05, 4.69) is 10.1 Å². The average Bonchev–Trinajstić information content (AvgIpc) is 3.07. The number of benzene rings is 1. The fourth-order valence-corrected chi connectivity index (χ4v) is 3.64. The predicted octanol–water partition coefficient (Wildman–Crippen LogP) is 2.74. The molecule has 8 nitrogen and oxygen atoms in total. The van der Waals surface area contributed by atoms with Crippen molar-refractivity contribution in [2.24, 2.45) is 0 Å². The highest BCUT2D eigenvalue weighted by molar-refractivity contribution is 5.83. The molecule has 0 bridgehead atoms. The van der Waals surface area contributed by atoms with Crippen LogP contribution < -0.4 is 15.0 Å². The monoisotopic (exact) mass is 385 g/mol. The zero-order chi connectivity index (χ0) is 19.7. The number of aromatic hydroxyl groups is 1. The summed E-state index contributed by atoms with van der Waals surface area (Å²) in [5, 5.41) is 14.8. The highest BCUT2D eigenvalue weighted by Gasteiger charge is 2.24. The van der Waals surface area contributed by atoms with Crippen LogP contribution >= 0.6 is 0 Å². The second-order valence-corrected chi connectivity index (χ2v) is 6.82. The standard InChI is InChI=1S/C20H23N3O5/c1-26-15-7-6-12(10-16(15)27-2)9-13-19-20(14(24)11-17(25)21-19)22-23(13)18-5-3-4-8-28-18/h6-7,10-11,18,24H,3-5,8-9H2,1-2H3,(H,21,25). The van der Waals surface area contributed by atoms with Gasteiger partial charge in [-0.05, 0) is 37.0 Å². The van der Waals surface area contributed by atoms with Gasteiger partial charge in [0.2, 0.25) is 0 Å². The van der Waals surface area contributed by atoms with Crippen LogP contribution in [0.5, 0.6) is 17.2 Å². The number of pyridine rings is 1. The van der Waals surface area contributed by atoms with E-state index in [0.717, 1.165) is 36.6 Å². The zero-order valence-corrected chi connectivity index (χ0v) is 15.9. The van der Waals surface area contributed by atoms with Crippen molar-refractivity contribution in [1.29, 1.82) is 0 Å². The molecule has 0 spiro atoms. The second-order valence-electron chi connectivity index (χ2n) is 6.82. The Morgan fingerprint density at radius 1 is 1.25 bits per heavy atom. The molecular formula is C20H23N3O5. The lowest BCUT2D eigenvalue weighted by molar-refractivity contribution is -0.0405. The third-order valence-electron chi connectivity index (χ3n) is 5.02. The lowest BCUT2D eigenvalue weighted by atomic mass is 10.1. The Morgan fingerprint density at radius 2 is 2.07 bits per heavy atom. The quantitative estimate of drug-likeness (QED) is 0.701. The predicted molar refractivity (Wildman–Crippen MR) is 103 cm³/mol. The lowest BCUT2D eigenvalue weighted by Crippen LogP contribution is -2.21. The van der Waals surface area contributed by atoms with Crippen molar-refractivity contribution in [3.8, 4) is 17.2 Å². The van der Waals surface area contributed by atoms with Crippen molar-refractivity contribution in [1.82, 2.24) is 14.8 Å². The summed E-state index contributed by atoms with van der Waals surface area (Å²) < 4.78 is 18.4. The number of ether oxygens (including phenoxy) is 3. The van der Waals surface area contributed by atoms with E-state index < -0.39 is 0 Å². The van der Waals surface area contributed by atoms with Crippen molar-refractivity contribution < 1.29 is 19.3 Å². The third kappa shape index (κ3) is 3.31. The number of nitrogens with one attached hydrogen (secondary N) is 1. The van der Waals surface area contributed by atoms with Gasteiger partial charge in [-0.3, -0.25) is 4.79 Å². The molecular weight excluding hydrogens is 362 g/mol. The van der Waals surface area contributed by atoms with Crippen LogP contribution in [0.1, 0.15) is 36.7 Å². The first-order valence-corrected chi connectivity index (χ1v) is 9.26. The normalized spacial score (nSPS) is 17.0. The summed E-state index contributed by atoms with van der Waals surface area (Å²) in [7, 11) is 3.18. The van der Waals surface area contributed by atoms with Gasteiger partial charge in [-0.1, -0.05) is 6.07 Å². The highest BCUT2D eigenvalue weighted by Crippen LogP contribution is 2.33. The lowest BCUT2D eigenvalue weighted by Gasteiger charge is -2.24. The van der Waals surface area contributed by atoms with E-state index in [4.69, 9.17) is 14.2 Å². The number of aromatic nitrogens is 3. The van der Waals surface area contributed by atoms with E-state index in [-0.39, 0.29) is 17.5 Å². The molecule has 8 heteroatoms. The van der Waals surface area contributed by atoms with Crippen LogP contribution in [-0.4, -0.2) is 40.7 Å². The summed E-state index contributed by atoms with van der Waals surface area (Å²) in [5.41, 5.74) is 2.25. The molecule has 1 fully saturated rings. The van der Waals surface area contributed by atoms with Gasteiger partial charge < -0.3 is 24.3 Å². The van der Waals surface area contributed by atoms with E-state index in [1.54, 1.807) is 18.9 Å². The van der Waals surface area contributed by atoms with Crippen LogP contribution in [0.25, 0.3) is 11.0 Å². The van der Waals surface area contributed by atoms with Crippen molar-refractivity contribution in [2.45, 2.75) is 31.9 Å². The van der Waals surface area contributed by atoms with Crippen molar-refractivity contribution in [2.75, 3.05) is 20.8 Å². The van der Waals surface area contributed by atoms with E-state index in [1.807, 2.05) is 18.2 Å². The van der Waals surface area contributed by atoms with Gasteiger partial charge in [0.05, 0.1) is 25.4 Å². The Labute approximate surface area is 161 Å². The first kappa shape index (κ1) is 18.4. The van der Waals surface area contributed by atoms with Crippen molar-refractivity contribution in [3.05, 3.63) is 45.9 Å². The molecule has 0 radical (unpaired) electrons. The van der Waals surface area contributed by atoms with Gasteiger partial charge in [-0.2, -0.15) is 5.10 Å². The second kappa shape index (κ2) is 7.55. The van der Waals surface area contributed by atoms with Gasteiger partial charge in [0.25, 0.3) is 5.56 Å². The fourth-order valence-electron chi connectivity index (χ4n) is 3.64. The molecule has 1 aliphatic rings. The maximum atomic E-state index is 12.0. The zero-order valence-electron chi connectivity index (χ0n) is 15.9. The number of nitrogens with zero attached hydrogens (tertiary/aromatic N) is 2. The molecule has 1 unspecified atom stereocenters. The molecule has 0 amide bonds. The minimum Gasteiger partial charge on any atom is -0.505 e. The van der Waals surface area contributed by atoms with Gasteiger partial charge in [0.1, 0.15) is 0 Å². The first-order chi connectivity index (χ1) is 13.6. The molecule has 0 aliphatic carbocycles. The van der Waals surface area contributed by atoms with Gasteiger partial charge in [-0.15, -0.1) is 0 Å². The van der Waals surface area contributed by atoms with Crippen LogP contribution in [0.3, 0.4) is 0 Å². The molecule has 3 heterocycles. The topological polar surface area (TPSA) is 98.6 Å². The number of hydrogen-bond acceptors (Lipinski definition) is 6.